The number of likely N-dealkylation sites (N-methyl/N-ethyl adjacent to an activating group) is 1. The van der Waals surface area contributed by atoms with Gasteiger partial charge in [-0.25, -0.2) is 4.57 Å². The van der Waals surface area contributed by atoms with Crippen molar-refractivity contribution in [2.24, 2.45) is 0 Å². The number of allylic oxidation sites excluding steroid dienone is 20. The molecule has 0 amide bonds. The number of esters is 1. The maximum Gasteiger partial charge on any atom is 0.472 e. The van der Waals surface area contributed by atoms with Crippen molar-refractivity contribution in [2.75, 3.05) is 54.1 Å². The Balaban J connectivity index is 4.32. The summed E-state index contributed by atoms with van der Waals surface area (Å²) in [5.41, 5.74) is 0. The lowest BCUT2D eigenvalue weighted by atomic mass is 10.1. The van der Waals surface area contributed by atoms with E-state index in [4.69, 9.17) is 18.5 Å². The van der Waals surface area contributed by atoms with E-state index >= 15 is 0 Å². The topological polar surface area (TPSA) is 91.3 Å². The molecular weight excluding hydrogens is 806 g/mol. The number of phosphoric ester groups is 1. The minimum atomic E-state index is -4.30. The fourth-order valence-electron chi connectivity index (χ4n) is 5.84. The van der Waals surface area contributed by atoms with Gasteiger partial charge in [0.2, 0.25) is 0 Å². The summed E-state index contributed by atoms with van der Waals surface area (Å²) in [6, 6.07) is 0. The number of hydrogen-bond donors (Lipinski definition) is 1. The average Bonchev–Trinajstić information content (AvgIpc) is 3.24. The third kappa shape index (κ3) is 49.8. The summed E-state index contributed by atoms with van der Waals surface area (Å²) in [4.78, 5) is 23.0. The molecule has 0 aliphatic carbocycles. The second-order valence-corrected chi connectivity index (χ2v) is 18.2. The van der Waals surface area contributed by atoms with Crippen LogP contribution in [0.2, 0.25) is 0 Å². The van der Waals surface area contributed by atoms with Crippen LogP contribution in [0.15, 0.2) is 122 Å². The van der Waals surface area contributed by atoms with Gasteiger partial charge in [-0.2, -0.15) is 0 Å². The van der Waals surface area contributed by atoms with E-state index in [1.807, 2.05) is 21.1 Å². The van der Waals surface area contributed by atoms with Crippen molar-refractivity contribution in [3.63, 3.8) is 0 Å². The van der Waals surface area contributed by atoms with Crippen LogP contribution < -0.4 is 0 Å². The predicted molar refractivity (Wildman–Crippen MR) is 270 cm³/mol. The number of rotatable bonds is 43. The fourth-order valence-corrected chi connectivity index (χ4v) is 6.58. The van der Waals surface area contributed by atoms with Crippen molar-refractivity contribution in [2.45, 2.75) is 161 Å². The number of hydrogen-bond acceptors (Lipinski definition) is 6. The molecular formula is C54H91NO7P+. The standard InChI is InChI=1S/C54H90NO7P/c1-6-8-10-12-14-16-18-20-22-24-26-28-29-31-33-35-37-39-41-43-45-47-54(56)62-53(52-61-63(57,58)60-50-48-55(3,4)5)51-59-49-46-44-42-40-38-36-34-32-30-27-25-23-21-19-17-15-13-11-9-7-2/h8-11,14-17,20-23,26-28,30-31,33-34,36,53H,6-7,12-13,18-19,24-25,29,32,35,37-52H2,1-5H3/p+1/b10-8-,11-9-,16-14-,17-15-,22-20-,23-21-,28-26-,30-27-,33-31-,36-34-. The first-order valence-corrected chi connectivity index (χ1v) is 25.8. The molecule has 0 saturated heterocycles. The van der Waals surface area contributed by atoms with Crippen molar-refractivity contribution in [3.05, 3.63) is 122 Å². The molecule has 0 heterocycles. The minimum Gasteiger partial charge on any atom is -0.457 e. The highest BCUT2D eigenvalue weighted by molar-refractivity contribution is 7.47. The van der Waals surface area contributed by atoms with E-state index in [9.17, 15) is 14.3 Å². The van der Waals surface area contributed by atoms with Crippen molar-refractivity contribution >= 4 is 13.8 Å². The molecule has 0 spiro atoms. The molecule has 0 radical (unpaired) electrons. The first-order valence-electron chi connectivity index (χ1n) is 24.3. The summed E-state index contributed by atoms with van der Waals surface area (Å²) in [5, 5.41) is 0. The Morgan fingerprint density at radius 1 is 0.492 bits per heavy atom. The molecule has 2 unspecified atom stereocenters. The van der Waals surface area contributed by atoms with Crippen LogP contribution in [0.25, 0.3) is 0 Å². The van der Waals surface area contributed by atoms with Gasteiger partial charge in [-0.05, 0) is 103 Å². The normalized spacial score (nSPS) is 14.7. The molecule has 0 saturated carbocycles. The maximum atomic E-state index is 12.7. The van der Waals surface area contributed by atoms with E-state index in [-0.39, 0.29) is 25.8 Å². The van der Waals surface area contributed by atoms with Gasteiger partial charge in [-0.1, -0.05) is 167 Å². The fraction of sp³-hybridized carbons (Fsp3) is 0.611. The van der Waals surface area contributed by atoms with Gasteiger partial charge in [0, 0.05) is 13.0 Å². The molecule has 1 N–H and O–H groups in total. The maximum absolute atomic E-state index is 12.7. The summed E-state index contributed by atoms with van der Waals surface area (Å²) >= 11 is 0. The van der Waals surface area contributed by atoms with Gasteiger partial charge in [0.25, 0.3) is 0 Å². The molecule has 0 bridgehead atoms. The van der Waals surface area contributed by atoms with Crippen LogP contribution in [-0.4, -0.2) is 75.6 Å². The van der Waals surface area contributed by atoms with Gasteiger partial charge in [0.1, 0.15) is 19.3 Å². The van der Waals surface area contributed by atoms with Crippen molar-refractivity contribution in [1.82, 2.24) is 0 Å². The number of unbranched alkanes of at least 4 members (excludes halogenated alkanes) is 9. The lowest BCUT2D eigenvalue weighted by molar-refractivity contribution is -0.870. The Morgan fingerprint density at radius 3 is 1.30 bits per heavy atom. The van der Waals surface area contributed by atoms with Gasteiger partial charge in [0.05, 0.1) is 34.4 Å². The lowest BCUT2D eigenvalue weighted by Gasteiger charge is -2.24. The molecule has 0 aliphatic heterocycles. The molecule has 358 valence electrons. The highest BCUT2D eigenvalue weighted by Crippen LogP contribution is 2.43. The number of quaternary nitrogens is 1. The largest absolute Gasteiger partial charge is 0.472 e. The Labute approximate surface area is 386 Å². The molecule has 0 aliphatic rings. The average molecular weight is 897 g/mol. The van der Waals surface area contributed by atoms with Crippen LogP contribution in [0, 0.1) is 0 Å². The second kappa shape index (κ2) is 45.5. The molecule has 0 aromatic heterocycles. The summed E-state index contributed by atoms with van der Waals surface area (Å²) in [6.45, 7) is 5.27. The Kier molecular flexibility index (Phi) is 43.2. The number of nitrogens with zero attached hydrogens (tertiary/aromatic N) is 1. The predicted octanol–water partition coefficient (Wildman–Crippen LogP) is 14.9. The number of ether oxygens (including phenoxy) is 2. The van der Waals surface area contributed by atoms with Gasteiger partial charge >= 0.3 is 13.8 Å². The summed E-state index contributed by atoms with van der Waals surface area (Å²) in [7, 11) is 1.61. The van der Waals surface area contributed by atoms with E-state index in [0.29, 0.717) is 24.1 Å². The molecule has 0 fully saturated rings. The van der Waals surface area contributed by atoms with Gasteiger partial charge in [-0.15, -0.1) is 0 Å². The number of carbonyl (C=O) groups is 1. The number of phosphoric acid groups is 1. The Morgan fingerprint density at radius 2 is 0.873 bits per heavy atom. The van der Waals surface area contributed by atoms with Crippen molar-refractivity contribution in [1.29, 1.82) is 0 Å². The lowest BCUT2D eigenvalue weighted by Crippen LogP contribution is -2.37. The van der Waals surface area contributed by atoms with Gasteiger partial charge < -0.3 is 18.9 Å². The SMILES string of the molecule is CC/C=C\C/C=C\C/C=C\C/C=C\C/C=C\CCCCCCCC(=O)OC(COCCCCCC/C=C\C/C=C\C/C=C\C/C=C\C/C=C\CC)COP(=O)(O)OCC[N+](C)(C)C. The van der Waals surface area contributed by atoms with E-state index in [2.05, 4.69) is 135 Å². The highest BCUT2D eigenvalue weighted by Gasteiger charge is 2.26. The van der Waals surface area contributed by atoms with Crippen LogP contribution in [-0.2, 0) is 27.9 Å². The highest BCUT2D eigenvalue weighted by atomic mass is 31.2. The zero-order valence-corrected chi connectivity index (χ0v) is 41.4. The number of carbonyl (C=O) groups excluding carboxylic acids is 1. The van der Waals surface area contributed by atoms with Crippen molar-refractivity contribution < 1.29 is 37.3 Å². The van der Waals surface area contributed by atoms with Crippen LogP contribution in [0.5, 0.6) is 0 Å². The molecule has 0 rings (SSSR count). The van der Waals surface area contributed by atoms with Crippen LogP contribution in [0.3, 0.4) is 0 Å². The first kappa shape index (κ1) is 59.9. The Bertz CT molecular complexity index is 1410. The van der Waals surface area contributed by atoms with E-state index in [0.717, 1.165) is 135 Å². The second-order valence-electron chi connectivity index (χ2n) is 16.7. The zero-order chi connectivity index (χ0) is 46.2. The molecule has 0 aromatic rings. The Hall–Kier alpha value is -3.10. The first-order chi connectivity index (χ1) is 30.6. The third-order valence-electron chi connectivity index (χ3n) is 9.52. The summed E-state index contributed by atoms with van der Waals surface area (Å²) in [5.74, 6) is -0.347. The zero-order valence-electron chi connectivity index (χ0n) is 40.5. The van der Waals surface area contributed by atoms with Crippen LogP contribution in [0.4, 0.5) is 0 Å². The van der Waals surface area contributed by atoms with Gasteiger partial charge in [0.15, 0.2) is 0 Å². The minimum absolute atomic E-state index is 0.0711. The summed E-state index contributed by atoms with van der Waals surface area (Å²) in [6.07, 6.45) is 65.2. The quantitative estimate of drug-likeness (QED) is 0.0214. The molecule has 0 aromatic carbocycles. The van der Waals surface area contributed by atoms with E-state index < -0.39 is 13.9 Å². The smallest absolute Gasteiger partial charge is 0.457 e. The molecule has 63 heavy (non-hydrogen) atoms. The van der Waals surface area contributed by atoms with Gasteiger partial charge in [-0.3, -0.25) is 13.8 Å². The van der Waals surface area contributed by atoms with E-state index in [1.54, 1.807) is 0 Å². The van der Waals surface area contributed by atoms with Crippen molar-refractivity contribution in [3.8, 4) is 0 Å². The molecule has 8 nitrogen and oxygen atoms in total. The summed E-state index contributed by atoms with van der Waals surface area (Å²) < 4.78 is 35.1. The third-order valence-corrected chi connectivity index (χ3v) is 10.5. The monoisotopic (exact) mass is 897 g/mol. The molecule has 9 heteroatoms. The van der Waals surface area contributed by atoms with Crippen LogP contribution in [0.1, 0.15) is 155 Å². The molecule has 2 atom stereocenters. The van der Waals surface area contributed by atoms with Crippen LogP contribution >= 0.6 is 7.82 Å². The van der Waals surface area contributed by atoms with E-state index in [1.165, 1.54) is 0 Å².